The van der Waals surface area contributed by atoms with Gasteiger partial charge in [0, 0.05) is 17.3 Å². The molecule has 0 heterocycles. The van der Waals surface area contributed by atoms with Crippen LogP contribution in [0.3, 0.4) is 0 Å². The van der Waals surface area contributed by atoms with Gasteiger partial charge in [-0.25, -0.2) is 0 Å². The van der Waals surface area contributed by atoms with Crippen molar-refractivity contribution in [1.29, 1.82) is 0 Å². The molecule has 0 aliphatic rings. The van der Waals surface area contributed by atoms with E-state index >= 15 is 0 Å². The summed E-state index contributed by atoms with van der Waals surface area (Å²) in [6.45, 7) is 6.76. The SMILES string of the molecule is CC(C)(C)c1ccc(NC(=O)CC(=O)NCc2ccc(Cl)cc2)cc1. The Morgan fingerprint density at radius 3 is 2.08 bits per heavy atom. The van der Waals surface area contributed by atoms with Gasteiger partial charge in [0.1, 0.15) is 6.42 Å². The molecule has 0 bridgehead atoms. The second-order valence-electron chi connectivity index (χ2n) is 6.96. The lowest BCUT2D eigenvalue weighted by Crippen LogP contribution is -2.27. The number of hydrogen-bond donors (Lipinski definition) is 2. The molecule has 0 saturated carbocycles. The van der Waals surface area contributed by atoms with Crippen LogP contribution >= 0.6 is 11.6 Å². The van der Waals surface area contributed by atoms with Gasteiger partial charge in [-0.1, -0.05) is 56.6 Å². The first kappa shape index (κ1) is 19.0. The molecular formula is C20H23ClN2O2. The number of carbonyl (C=O) groups is 2. The second kappa shape index (κ2) is 8.17. The highest BCUT2D eigenvalue weighted by Gasteiger charge is 2.14. The molecule has 0 aliphatic carbocycles. The number of anilines is 1. The summed E-state index contributed by atoms with van der Waals surface area (Å²) in [6.07, 6.45) is -0.214. The number of nitrogens with one attached hydrogen (secondary N) is 2. The van der Waals surface area contributed by atoms with E-state index in [1.165, 1.54) is 5.56 Å². The molecule has 0 aromatic heterocycles. The van der Waals surface area contributed by atoms with Gasteiger partial charge in [0.25, 0.3) is 0 Å². The van der Waals surface area contributed by atoms with Gasteiger partial charge in [0.15, 0.2) is 0 Å². The van der Waals surface area contributed by atoms with E-state index in [4.69, 9.17) is 11.6 Å². The minimum atomic E-state index is -0.336. The van der Waals surface area contributed by atoms with Gasteiger partial charge in [-0.05, 0) is 40.8 Å². The first-order valence-electron chi connectivity index (χ1n) is 8.15. The molecule has 2 rings (SSSR count). The van der Waals surface area contributed by atoms with Gasteiger partial charge >= 0.3 is 0 Å². The number of rotatable bonds is 5. The predicted molar refractivity (Wildman–Crippen MR) is 102 cm³/mol. The molecule has 2 N–H and O–H groups in total. The molecule has 2 amide bonds. The van der Waals surface area contributed by atoms with Gasteiger partial charge in [-0.2, -0.15) is 0 Å². The first-order chi connectivity index (χ1) is 11.7. The average Bonchev–Trinajstić information content (AvgIpc) is 2.54. The Labute approximate surface area is 153 Å². The first-order valence-corrected chi connectivity index (χ1v) is 8.53. The van der Waals surface area contributed by atoms with Gasteiger partial charge in [0.2, 0.25) is 11.8 Å². The molecule has 0 radical (unpaired) electrons. The van der Waals surface area contributed by atoms with Crippen molar-refractivity contribution in [2.75, 3.05) is 5.32 Å². The maximum Gasteiger partial charge on any atom is 0.233 e. The molecule has 5 heteroatoms. The van der Waals surface area contributed by atoms with Crippen LogP contribution in [-0.2, 0) is 21.5 Å². The van der Waals surface area contributed by atoms with Crippen molar-refractivity contribution in [3.05, 3.63) is 64.7 Å². The largest absolute Gasteiger partial charge is 0.352 e. The van der Waals surface area contributed by atoms with Crippen LogP contribution in [0.15, 0.2) is 48.5 Å². The third-order valence-electron chi connectivity index (χ3n) is 3.76. The van der Waals surface area contributed by atoms with Crippen molar-refractivity contribution in [2.24, 2.45) is 0 Å². The second-order valence-corrected chi connectivity index (χ2v) is 7.39. The summed E-state index contributed by atoms with van der Waals surface area (Å²) in [5, 5.41) is 6.11. The summed E-state index contributed by atoms with van der Waals surface area (Å²) < 4.78 is 0. The van der Waals surface area contributed by atoms with E-state index in [0.717, 1.165) is 5.56 Å². The third kappa shape index (κ3) is 6.24. The van der Waals surface area contributed by atoms with E-state index in [1.54, 1.807) is 12.1 Å². The van der Waals surface area contributed by atoms with Crippen LogP contribution in [0, 0.1) is 0 Å². The minimum Gasteiger partial charge on any atom is -0.352 e. The van der Waals surface area contributed by atoms with Crippen LogP contribution in [0.4, 0.5) is 5.69 Å². The molecule has 0 saturated heterocycles. The predicted octanol–water partition coefficient (Wildman–Crippen LogP) is 4.28. The van der Waals surface area contributed by atoms with Crippen molar-refractivity contribution in [1.82, 2.24) is 5.32 Å². The Morgan fingerprint density at radius 1 is 0.920 bits per heavy atom. The van der Waals surface area contributed by atoms with Crippen molar-refractivity contribution in [3.63, 3.8) is 0 Å². The molecule has 0 fully saturated rings. The molecule has 0 atom stereocenters. The normalized spacial score (nSPS) is 11.0. The van der Waals surface area contributed by atoms with E-state index in [-0.39, 0.29) is 23.7 Å². The van der Waals surface area contributed by atoms with E-state index in [1.807, 2.05) is 36.4 Å². The molecule has 0 unspecified atom stereocenters. The smallest absolute Gasteiger partial charge is 0.233 e. The Kier molecular flexibility index (Phi) is 6.21. The summed E-state index contributed by atoms with van der Waals surface area (Å²) in [6, 6.07) is 14.9. The number of hydrogen-bond acceptors (Lipinski definition) is 2. The molecule has 0 spiro atoms. The standard InChI is InChI=1S/C20H23ClN2O2/c1-20(2,3)15-6-10-17(11-7-15)23-19(25)12-18(24)22-13-14-4-8-16(21)9-5-14/h4-11H,12-13H2,1-3H3,(H,22,24)(H,23,25). The highest BCUT2D eigenvalue weighted by atomic mass is 35.5. The van der Waals surface area contributed by atoms with Gasteiger partial charge in [0.05, 0.1) is 0 Å². The minimum absolute atomic E-state index is 0.0596. The number of carbonyl (C=O) groups excluding carboxylic acids is 2. The van der Waals surface area contributed by atoms with Crippen molar-refractivity contribution < 1.29 is 9.59 Å². The topological polar surface area (TPSA) is 58.2 Å². The molecule has 2 aromatic rings. The maximum atomic E-state index is 12.0. The maximum absolute atomic E-state index is 12.0. The Morgan fingerprint density at radius 2 is 1.52 bits per heavy atom. The molecule has 25 heavy (non-hydrogen) atoms. The van der Waals surface area contributed by atoms with Crippen LogP contribution in [-0.4, -0.2) is 11.8 Å². The quantitative estimate of drug-likeness (QED) is 0.783. The average molecular weight is 359 g/mol. The number of amides is 2. The van der Waals surface area contributed by atoms with E-state index in [9.17, 15) is 9.59 Å². The lowest BCUT2D eigenvalue weighted by atomic mass is 9.87. The Hall–Kier alpha value is -2.33. The fourth-order valence-corrected chi connectivity index (χ4v) is 2.40. The molecular weight excluding hydrogens is 336 g/mol. The summed E-state index contributed by atoms with van der Waals surface area (Å²) in [7, 11) is 0. The van der Waals surface area contributed by atoms with Crippen molar-refractivity contribution in [3.8, 4) is 0 Å². The molecule has 0 aliphatic heterocycles. The zero-order chi connectivity index (χ0) is 18.4. The van der Waals surface area contributed by atoms with Crippen LogP contribution in [0.2, 0.25) is 5.02 Å². The number of halogens is 1. The zero-order valence-corrected chi connectivity index (χ0v) is 15.5. The Balaban J connectivity index is 1.81. The lowest BCUT2D eigenvalue weighted by Gasteiger charge is -2.19. The summed E-state index contributed by atoms with van der Waals surface area (Å²) >= 11 is 5.81. The van der Waals surface area contributed by atoms with E-state index in [0.29, 0.717) is 17.3 Å². The lowest BCUT2D eigenvalue weighted by molar-refractivity contribution is -0.126. The van der Waals surface area contributed by atoms with E-state index in [2.05, 4.69) is 31.4 Å². The van der Waals surface area contributed by atoms with Crippen LogP contribution in [0.1, 0.15) is 38.3 Å². The third-order valence-corrected chi connectivity index (χ3v) is 4.01. The van der Waals surface area contributed by atoms with Crippen LogP contribution in [0.5, 0.6) is 0 Å². The van der Waals surface area contributed by atoms with Gasteiger partial charge in [-0.3, -0.25) is 9.59 Å². The van der Waals surface area contributed by atoms with Gasteiger partial charge < -0.3 is 10.6 Å². The highest BCUT2D eigenvalue weighted by molar-refractivity contribution is 6.30. The van der Waals surface area contributed by atoms with Gasteiger partial charge in [-0.15, -0.1) is 0 Å². The van der Waals surface area contributed by atoms with Crippen molar-refractivity contribution >= 4 is 29.1 Å². The summed E-state index contributed by atoms with van der Waals surface area (Å²) in [4.78, 5) is 23.8. The molecule has 4 nitrogen and oxygen atoms in total. The van der Waals surface area contributed by atoms with Crippen molar-refractivity contribution in [2.45, 2.75) is 39.2 Å². The molecule has 2 aromatic carbocycles. The number of benzene rings is 2. The van der Waals surface area contributed by atoms with Crippen LogP contribution in [0.25, 0.3) is 0 Å². The fraction of sp³-hybridized carbons (Fsp3) is 0.300. The monoisotopic (exact) mass is 358 g/mol. The summed E-state index contributed by atoms with van der Waals surface area (Å²) in [5.74, 6) is -0.657. The fourth-order valence-electron chi connectivity index (χ4n) is 2.27. The molecule has 132 valence electrons. The highest BCUT2D eigenvalue weighted by Crippen LogP contribution is 2.23. The Bertz CT molecular complexity index is 732. The summed E-state index contributed by atoms with van der Waals surface area (Å²) in [5.41, 5.74) is 2.86. The van der Waals surface area contributed by atoms with Crippen LogP contribution < -0.4 is 10.6 Å². The zero-order valence-electron chi connectivity index (χ0n) is 14.7. The van der Waals surface area contributed by atoms with E-state index < -0.39 is 0 Å².